The van der Waals surface area contributed by atoms with E-state index in [4.69, 9.17) is 9.72 Å². The van der Waals surface area contributed by atoms with Crippen molar-refractivity contribution in [3.05, 3.63) is 77.1 Å². The van der Waals surface area contributed by atoms with Crippen LogP contribution in [0.2, 0.25) is 0 Å². The molecule has 2 aliphatic heterocycles. The summed E-state index contributed by atoms with van der Waals surface area (Å²) in [5.74, 6) is 0.879. The molecule has 0 bridgehead atoms. The summed E-state index contributed by atoms with van der Waals surface area (Å²) >= 11 is 0. The average Bonchev–Trinajstić information content (AvgIpc) is 3.00. The normalized spacial score (nSPS) is 16.2. The third kappa shape index (κ3) is 3.02. The first-order valence-corrected chi connectivity index (χ1v) is 9.90. The van der Waals surface area contributed by atoms with Crippen LogP contribution >= 0.6 is 0 Å². The second-order valence-corrected chi connectivity index (χ2v) is 7.36. The van der Waals surface area contributed by atoms with E-state index in [9.17, 15) is 4.79 Å². The van der Waals surface area contributed by atoms with Crippen LogP contribution < -0.4 is 0 Å². The van der Waals surface area contributed by atoms with Gasteiger partial charge >= 0.3 is 0 Å². The molecule has 0 fully saturated rings. The SMILES string of the molecule is O=C(c1nc(-c2ccccc2)n2c1COCC2)N1CCc2ccccc2CC1. The zero-order chi connectivity index (χ0) is 18.9. The molecule has 1 aromatic heterocycles. The van der Waals surface area contributed by atoms with Crippen molar-refractivity contribution in [2.45, 2.75) is 26.0 Å². The lowest BCUT2D eigenvalue weighted by Crippen LogP contribution is -2.34. The minimum atomic E-state index is 0.0178. The van der Waals surface area contributed by atoms with Gasteiger partial charge < -0.3 is 14.2 Å². The number of imidazole rings is 1. The van der Waals surface area contributed by atoms with Crippen molar-refractivity contribution in [3.8, 4) is 11.4 Å². The van der Waals surface area contributed by atoms with Crippen LogP contribution in [0, 0.1) is 0 Å². The zero-order valence-electron chi connectivity index (χ0n) is 15.8. The quantitative estimate of drug-likeness (QED) is 0.692. The summed E-state index contributed by atoms with van der Waals surface area (Å²) in [6.07, 6.45) is 1.78. The number of benzene rings is 2. The highest BCUT2D eigenvalue weighted by atomic mass is 16.5. The van der Waals surface area contributed by atoms with Crippen LogP contribution in [0.25, 0.3) is 11.4 Å². The van der Waals surface area contributed by atoms with Gasteiger partial charge in [0.15, 0.2) is 5.69 Å². The zero-order valence-corrected chi connectivity index (χ0v) is 15.8. The summed E-state index contributed by atoms with van der Waals surface area (Å²) in [4.78, 5) is 20.2. The van der Waals surface area contributed by atoms with Crippen molar-refractivity contribution in [1.82, 2.24) is 14.5 Å². The molecule has 0 saturated heterocycles. The molecule has 0 spiro atoms. The smallest absolute Gasteiger partial charge is 0.274 e. The Balaban J connectivity index is 1.48. The Morgan fingerprint density at radius 2 is 1.57 bits per heavy atom. The Labute approximate surface area is 164 Å². The van der Waals surface area contributed by atoms with Crippen molar-refractivity contribution in [1.29, 1.82) is 0 Å². The highest BCUT2D eigenvalue weighted by Crippen LogP contribution is 2.27. The van der Waals surface area contributed by atoms with Crippen molar-refractivity contribution in [2.75, 3.05) is 19.7 Å². The Hall–Kier alpha value is -2.92. The molecule has 2 aliphatic rings. The summed E-state index contributed by atoms with van der Waals surface area (Å²) in [5, 5.41) is 0. The lowest BCUT2D eigenvalue weighted by molar-refractivity contribution is 0.0714. The van der Waals surface area contributed by atoms with Gasteiger partial charge in [0.2, 0.25) is 0 Å². The second kappa shape index (κ2) is 7.24. The molecule has 0 N–H and O–H groups in total. The minimum absolute atomic E-state index is 0.0178. The Morgan fingerprint density at radius 3 is 2.29 bits per heavy atom. The molecule has 0 aliphatic carbocycles. The summed E-state index contributed by atoms with van der Waals surface area (Å²) in [6, 6.07) is 18.6. The molecule has 2 aromatic carbocycles. The summed E-state index contributed by atoms with van der Waals surface area (Å²) in [7, 11) is 0. The van der Waals surface area contributed by atoms with Gasteiger partial charge in [0.05, 0.1) is 18.9 Å². The maximum Gasteiger partial charge on any atom is 0.274 e. The Bertz CT molecular complexity index is 983. The molecule has 3 aromatic rings. The standard InChI is InChI=1S/C23H23N3O2/c27-23(25-12-10-17-6-4-5-7-18(17)11-13-25)21-20-16-28-15-14-26(20)22(24-21)19-8-2-1-3-9-19/h1-9H,10-16H2. The molecule has 5 heteroatoms. The largest absolute Gasteiger partial charge is 0.373 e. The summed E-state index contributed by atoms with van der Waals surface area (Å²) in [5.41, 5.74) is 5.17. The van der Waals surface area contributed by atoms with Crippen molar-refractivity contribution in [2.24, 2.45) is 0 Å². The summed E-state index contributed by atoms with van der Waals surface area (Å²) in [6.45, 7) is 3.27. The lowest BCUT2D eigenvalue weighted by atomic mass is 10.0. The first-order chi connectivity index (χ1) is 13.8. The first-order valence-electron chi connectivity index (χ1n) is 9.90. The van der Waals surface area contributed by atoms with E-state index in [0.29, 0.717) is 18.9 Å². The fourth-order valence-electron chi connectivity index (χ4n) is 4.20. The minimum Gasteiger partial charge on any atom is -0.373 e. The maximum absolute atomic E-state index is 13.4. The van der Waals surface area contributed by atoms with Gasteiger partial charge in [0, 0.05) is 25.2 Å². The van der Waals surface area contributed by atoms with Crippen LogP contribution in [0.4, 0.5) is 0 Å². The predicted octanol–water partition coefficient (Wildman–Crippen LogP) is 3.32. The van der Waals surface area contributed by atoms with Crippen molar-refractivity contribution >= 4 is 5.91 Å². The number of aromatic nitrogens is 2. The van der Waals surface area contributed by atoms with E-state index in [0.717, 1.165) is 49.6 Å². The molecule has 0 atom stereocenters. The van der Waals surface area contributed by atoms with Gasteiger partial charge in [0.1, 0.15) is 5.82 Å². The molecular weight excluding hydrogens is 350 g/mol. The number of hydrogen-bond acceptors (Lipinski definition) is 3. The topological polar surface area (TPSA) is 47.4 Å². The molecule has 5 nitrogen and oxygen atoms in total. The van der Waals surface area contributed by atoms with E-state index in [2.05, 4.69) is 28.8 Å². The first kappa shape index (κ1) is 17.2. The molecule has 0 unspecified atom stereocenters. The lowest BCUT2D eigenvalue weighted by Gasteiger charge is -2.21. The van der Waals surface area contributed by atoms with Gasteiger partial charge in [-0.15, -0.1) is 0 Å². The molecule has 0 saturated carbocycles. The molecule has 142 valence electrons. The van der Waals surface area contributed by atoms with E-state index >= 15 is 0 Å². The van der Waals surface area contributed by atoms with E-state index in [1.807, 2.05) is 35.2 Å². The number of hydrogen-bond donors (Lipinski definition) is 0. The fraction of sp³-hybridized carbons (Fsp3) is 0.304. The van der Waals surface area contributed by atoms with Gasteiger partial charge in [-0.25, -0.2) is 4.98 Å². The van der Waals surface area contributed by atoms with Crippen LogP contribution in [0.1, 0.15) is 27.3 Å². The van der Waals surface area contributed by atoms with E-state index in [1.165, 1.54) is 11.1 Å². The van der Waals surface area contributed by atoms with Crippen LogP contribution in [0.3, 0.4) is 0 Å². The third-order valence-corrected chi connectivity index (χ3v) is 5.71. The summed E-state index contributed by atoms with van der Waals surface area (Å²) < 4.78 is 7.82. The van der Waals surface area contributed by atoms with Crippen molar-refractivity contribution < 1.29 is 9.53 Å². The number of rotatable bonds is 2. The van der Waals surface area contributed by atoms with Crippen LogP contribution in [-0.4, -0.2) is 40.1 Å². The number of amides is 1. The molecule has 3 heterocycles. The van der Waals surface area contributed by atoms with Crippen LogP contribution in [0.15, 0.2) is 54.6 Å². The predicted molar refractivity (Wildman–Crippen MR) is 107 cm³/mol. The van der Waals surface area contributed by atoms with Gasteiger partial charge in [0.25, 0.3) is 5.91 Å². The van der Waals surface area contributed by atoms with Gasteiger partial charge in [-0.2, -0.15) is 0 Å². The van der Waals surface area contributed by atoms with Gasteiger partial charge in [-0.1, -0.05) is 54.6 Å². The highest BCUT2D eigenvalue weighted by molar-refractivity contribution is 5.94. The van der Waals surface area contributed by atoms with Gasteiger partial charge in [-0.3, -0.25) is 4.79 Å². The number of ether oxygens (including phenoxy) is 1. The number of fused-ring (bicyclic) bond motifs is 2. The van der Waals surface area contributed by atoms with Crippen LogP contribution in [-0.2, 0) is 30.7 Å². The third-order valence-electron chi connectivity index (χ3n) is 5.71. The Kier molecular flexibility index (Phi) is 4.45. The van der Waals surface area contributed by atoms with Crippen molar-refractivity contribution in [3.63, 3.8) is 0 Å². The number of nitrogens with zero attached hydrogens (tertiary/aromatic N) is 3. The molecule has 5 rings (SSSR count). The number of carbonyl (C=O) groups is 1. The molecular formula is C23H23N3O2. The van der Waals surface area contributed by atoms with E-state index < -0.39 is 0 Å². The molecule has 28 heavy (non-hydrogen) atoms. The monoisotopic (exact) mass is 373 g/mol. The van der Waals surface area contributed by atoms with E-state index in [1.54, 1.807) is 0 Å². The molecule has 0 radical (unpaired) electrons. The van der Waals surface area contributed by atoms with Gasteiger partial charge in [-0.05, 0) is 24.0 Å². The highest BCUT2D eigenvalue weighted by Gasteiger charge is 2.29. The Morgan fingerprint density at radius 1 is 0.893 bits per heavy atom. The second-order valence-electron chi connectivity index (χ2n) is 7.36. The number of carbonyl (C=O) groups excluding carboxylic acids is 1. The molecule has 1 amide bonds. The van der Waals surface area contributed by atoms with E-state index in [-0.39, 0.29) is 5.91 Å². The van der Waals surface area contributed by atoms with Crippen LogP contribution in [0.5, 0.6) is 0 Å². The fourth-order valence-corrected chi connectivity index (χ4v) is 4.20. The average molecular weight is 373 g/mol. The maximum atomic E-state index is 13.4.